The zero-order chi connectivity index (χ0) is 19.5. The maximum absolute atomic E-state index is 12.5. The number of hydrogen-bond acceptors (Lipinski definition) is 3. The van der Waals surface area contributed by atoms with Gasteiger partial charge < -0.3 is 5.32 Å². The Hall–Kier alpha value is -3.47. The Bertz CT molecular complexity index is 1100. The molecule has 0 spiro atoms. The minimum absolute atomic E-state index is 0.124. The molecule has 5 heteroatoms. The van der Waals surface area contributed by atoms with Crippen molar-refractivity contribution in [3.8, 4) is 5.69 Å². The highest BCUT2D eigenvalue weighted by atomic mass is 16.1. The van der Waals surface area contributed by atoms with Gasteiger partial charge in [-0.2, -0.15) is 0 Å². The number of rotatable bonds is 5. The molecule has 0 aliphatic carbocycles. The molecule has 2 aromatic carbocycles. The topological polar surface area (TPSA) is 59.8 Å². The van der Waals surface area contributed by atoms with Gasteiger partial charge in [0.15, 0.2) is 0 Å². The van der Waals surface area contributed by atoms with Crippen LogP contribution in [0.1, 0.15) is 41.3 Å². The van der Waals surface area contributed by atoms with Crippen LogP contribution in [0.5, 0.6) is 0 Å². The molecule has 2 aromatic heterocycles. The first-order chi connectivity index (χ1) is 13.6. The van der Waals surface area contributed by atoms with E-state index in [0.717, 1.165) is 22.3 Å². The van der Waals surface area contributed by atoms with Crippen molar-refractivity contribution in [2.45, 2.75) is 26.3 Å². The van der Waals surface area contributed by atoms with E-state index < -0.39 is 0 Å². The van der Waals surface area contributed by atoms with E-state index in [1.165, 1.54) is 5.56 Å². The van der Waals surface area contributed by atoms with Gasteiger partial charge in [0, 0.05) is 30.2 Å². The number of benzene rings is 2. The van der Waals surface area contributed by atoms with Crippen molar-refractivity contribution in [1.29, 1.82) is 0 Å². The summed E-state index contributed by atoms with van der Waals surface area (Å²) < 4.78 is 2.04. The summed E-state index contributed by atoms with van der Waals surface area (Å²) >= 11 is 0. The van der Waals surface area contributed by atoms with Gasteiger partial charge in [-0.1, -0.05) is 32.0 Å². The summed E-state index contributed by atoms with van der Waals surface area (Å²) in [4.78, 5) is 21.0. The summed E-state index contributed by atoms with van der Waals surface area (Å²) in [7, 11) is 0. The largest absolute Gasteiger partial charge is 0.348 e. The van der Waals surface area contributed by atoms with Gasteiger partial charge in [0.05, 0.1) is 11.0 Å². The summed E-state index contributed by atoms with van der Waals surface area (Å²) in [6.45, 7) is 4.81. The number of carbonyl (C=O) groups excluding carboxylic acids is 1. The Morgan fingerprint density at radius 2 is 1.93 bits per heavy atom. The highest BCUT2D eigenvalue weighted by Crippen LogP contribution is 2.22. The quantitative estimate of drug-likeness (QED) is 0.564. The average molecular weight is 370 g/mol. The van der Waals surface area contributed by atoms with Crippen molar-refractivity contribution in [2.75, 3.05) is 0 Å². The summed E-state index contributed by atoms with van der Waals surface area (Å²) in [5, 5.41) is 2.92. The monoisotopic (exact) mass is 370 g/mol. The molecular weight excluding hydrogens is 348 g/mol. The smallest absolute Gasteiger partial charge is 0.251 e. The van der Waals surface area contributed by atoms with E-state index in [4.69, 9.17) is 0 Å². The first-order valence-electron chi connectivity index (χ1n) is 9.36. The van der Waals surface area contributed by atoms with Crippen LogP contribution >= 0.6 is 0 Å². The van der Waals surface area contributed by atoms with Crippen molar-refractivity contribution in [3.05, 3.63) is 90.0 Å². The van der Waals surface area contributed by atoms with Crippen molar-refractivity contribution in [3.63, 3.8) is 0 Å². The molecule has 4 rings (SSSR count). The number of pyridine rings is 1. The molecule has 0 aliphatic heterocycles. The lowest BCUT2D eigenvalue weighted by molar-refractivity contribution is 0.0951. The van der Waals surface area contributed by atoms with Crippen LogP contribution in [0.2, 0.25) is 0 Å². The van der Waals surface area contributed by atoms with Gasteiger partial charge >= 0.3 is 0 Å². The molecule has 0 aliphatic rings. The molecule has 2 heterocycles. The predicted octanol–water partition coefficient (Wildman–Crippen LogP) is 4.47. The Balaban J connectivity index is 1.55. The lowest BCUT2D eigenvalue weighted by Gasteiger charge is -2.09. The minimum Gasteiger partial charge on any atom is -0.348 e. The number of carbonyl (C=O) groups is 1. The normalized spacial score (nSPS) is 11.1. The molecule has 0 saturated carbocycles. The van der Waals surface area contributed by atoms with Crippen LogP contribution in [0, 0.1) is 0 Å². The maximum atomic E-state index is 12.5. The molecule has 0 radical (unpaired) electrons. The van der Waals surface area contributed by atoms with Crippen LogP contribution < -0.4 is 5.32 Å². The van der Waals surface area contributed by atoms with Crippen molar-refractivity contribution in [2.24, 2.45) is 0 Å². The molecule has 140 valence electrons. The maximum Gasteiger partial charge on any atom is 0.251 e. The molecule has 1 N–H and O–H groups in total. The number of aromatic nitrogens is 3. The summed E-state index contributed by atoms with van der Waals surface area (Å²) in [6.07, 6.45) is 5.26. The fraction of sp³-hybridized carbons (Fsp3) is 0.174. The molecule has 0 unspecified atom stereocenters. The van der Waals surface area contributed by atoms with Crippen LogP contribution in [-0.2, 0) is 6.54 Å². The second kappa shape index (κ2) is 7.64. The number of fused-ring (bicyclic) bond motifs is 1. The Morgan fingerprint density at radius 3 is 2.64 bits per heavy atom. The molecule has 4 aromatic rings. The molecule has 0 saturated heterocycles. The third-order valence-electron chi connectivity index (χ3n) is 4.82. The van der Waals surface area contributed by atoms with E-state index in [-0.39, 0.29) is 5.91 Å². The first-order valence-corrected chi connectivity index (χ1v) is 9.36. The van der Waals surface area contributed by atoms with Gasteiger partial charge in [-0.25, -0.2) is 4.98 Å². The zero-order valence-corrected chi connectivity index (χ0v) is 16.0. The predicted molar refractivity (Wildman–Crippen MR) is 111 cm³/mol. The van der Waals surface area contributed by atoms with Gasteiger partial charge in [-0.15, -0.1) is 0 Å². The molecule has 28 heavy (non-hydrogen) atoms. The van der Waals surface area contributed by atoms with Crippen LogP contribution in [-0.4, -0.2) is 20.4 Å². The molecule has 0 atom stereocenters. The van der Waals surface area contributed by atoms with Crippen LogP contribution in [0.4, 0.5) is 0 Å². The van der Waals surface area contributed by atoms with Crippen LogP contribution in [0.15, 0.2) is 73.3 Å². The number of nitrogens with zero attached hydrogens (tertiary/aromatic N) is 3. The lowest BCUT2D eigenvalue weighted by atomic mass is 10.0. The second-order valence-electron chi connectivity index (χ2n) is 7.11. The summed E-state index contributed by atoms with van der Waals surface area (Å²) in [5.41, 5.74) is 5.69. The molecule has 0 bridgehead atoms. The standard InChI is InChI=1S/C23H22N4O/c1-16(2)18-5-8-20(9-6-18)27-15-26-21-12-19(7-10-22(21)27)23(28)25-14-17-4-3-11-24-13-17/h3-13,15-16H,14H2,1-2H3,(H,25,28). The Kier molecular flexibility index (Phi) is 4.89. The van der Waals surface area contributed by atoms with Gasteiger partial charge in [-0.3, -0.25) is 14.3 Å². The van der Waals surface area contributed by atoms with E-state index in [1.807, 2.05) is 34.9 Å². The Labute approximate surface area is 164 Å². The van der Waals surface area contributed by atoms with Gasteiger partial charge in [0.25, 0.3) is 5.91 Å². The summed E-state index contributed by atoms with van der Waals surface area (Å²) in [6, 6.07) is 17.9. The lowest BCUT2D eigenvalue weighted by Crippen LogP contribution is -2.22. The summed E-state index contributed by atoms with van der Waals surface area (Å²) in [5.74, 6) is 0.378. The van der Waals surface area contributed by atoms with E-state index in [1.54, 1.807) is 18.7 Å². The van der Waals surface area contributed by atoms with Gasteiger partial charge in [-0.05, 0) is 53.4 Å². The number of hydrogen-bond donors (Lipinski definition) is 1. The third kappa shape index (κ3) is 3.64. The third-order valence-corrected chi connectivity index (χ3v) is 4.82. The first kappa shape index (κ1) is 17.9. The highest BCUT2D eigenvalue weighted by Gasteiger charge is 2.10. The number of nitrogens with one attached hydrogen (secondary N) is 1. The molecule has 1 amide bonds. The number of amides is 1. The fourth-order valence-electron chi connectivity index (χ4n) is 3.17. The van der Waals surface area contributed by atoms with Crippen LogP contribution in [0.25, 0.3) is 16.7 Å². The van der Waals surface area contributed by atoms with Crippen molar-refractivity contribution >= 4 is 16.9 Å². The fourth-order valence-corrected chi connectivity index (χ4v) is 3.17. The van der Waals surface area contributed by atoms with Crippen molar-refractivity contribution in [1.82, 2.24) is 19.9 Å². The minimum atomic E-state index is -0.124. The van der Waals surface area contributed by atoms with Crippen molar-refractivity contribution < 1.29 is 4.79 Å². The second-order valence-corrected chi connectivity index (χ2v) is 7.11. The number of imidazole rings is 1. The van der Waals surface area contributed by atoms with E-state index >= 15 is 0 Å². The van der Waals surface area contributed by atoms with E-state index in [0.29, 0.717) is 18.0 Å². The van der Waals surface area contributed by atoms with Crippen LogP contribution in [0.3, 0.4) is 0 Å². The van der Waals surface area contributed by atoms with E-state index in [2.05, 4.69) is 53.4 Å². The van der Waals surface area contributed by atoms with Gasteiger partial charge in [0.1, 0.15) is 6.33 Å². The zero-order valence-electron chi connectivity index (χ0n) is 16.0. The Morgan fingerprint density at radius 1 is 1.11 bits per heavy atom. The molecule has 0 fully saturated rings. The van der Waals surface area contributed by atoms with Gasteiger partial charge in [0.2, 0.25) is 0 Å². The van der Waals surface area contributed by atoms with E-state index in [9.17, 15) is 4.79 Å². The molecule has 5 nitrogen and oxygen atoms in total. The highest BCUT2D eigenvalue weighted by molar-refractivity contribution is 5.97. The molecular formula is C23H22N4O. The average Bonchev–Trinajstić information content (AvgIpc) is 3.16. The SMILES string of the molecule is CC(C)c1ccc(-n2cnc3cc(C(=O)NCc4cccnc4)ccc32)cc1.